The lowest BCUT2D eigenvalue weighted by Crippen LogP contribution is -2.25. The first-order valence-corrected chi connectivity index (χ1v) is 12.9. The summed E-state index contributed by atoms with van der Waals surface area (Å²) >= 11 is 0. The molecule has 3 aromatic carbocycles. The Morgan fingerprint density at radius 2 is 0.654 bits per heavy atom. The highest BCUT2D eigenvalue weighted by atomic mass is 19.4. The number of hydrogen-bond acceptors (Lipinski definition) is 8. The van der Waals surface area contributed by atoms with Gasteiger partial charge in [0.1, 0.15) is 36.4 Å². The minimum Gasteiger partial charge on any atom is -0.192 e. The summed E-state index contributed by atoms with van der Waals surface area (Å²) in [5.74, 6) is 0. The Balaban J connectivity index is 2.79. The van der Waals surface area contributed by atoms with Crippen LogP contribution in [0.25, 0.3) is 11.1 Å². The molecule has 0 amide bonds. The van der Waals surface area contributed by atoms with E-state index in [1.807, 2.05) is 0 Å². The molecule has 0 aromatic heterocycles. The smallest absolute Gasteiger partial charge is 0.192 e. The molecular formula is C32H4F12N8. The van der Waals surface area contributed by atoms with Crippen LogP contribution in [0.15, 0.2) is 24.3 Å². The zero-order chi connectivity index (χ0) is 39.7. The van der Waals surface area contributed by atoms with Crippen LogP contribution in [0.2, 0.25) is 0 Å². The summed E-state index contributed by atoms with van der Waals surface area (Å²) in [5, 5.41) is 75.7. The summed E-state index contributed by atoms with van der Waals surface area (Å²) in [6.45, 7) is 0. The van der Waals surface area contributed by atoms with Crippen LogP contribution in [0, 0.1) is 90.6 Å². The Labute approximate surface area is 280 Å². The first-order chi connectivity index (χ1) is 24.0. The van der Waals surface area contributed by atoms with E-state index in [9.17, 15) is 94.8 Å². The Bertz CT molecular complexity index is 2370. The van der Waals surface area contributed by atoms with E-state index in [2.05, 4.69) is 0 Å². The lowest BCUT2D eigenvalue weighted by atomic mass is 9.85. The summed E-state index contributed by atoms with van der Waals surface area (Å²) in [7, 11) is 0. The van der Waals surface area contributed by atoms with Gasteiger partial charge in [0, 0.05) is 21.6 Å². The van der Waals surface area contributed by atoms with Crippen molar-refractivity contribution in [2.45, 2.75) is 24.7 Å². The van der Waals surface area contributed by atoms with Crippen molar-refractivity contribution in [2.24, 2.45) is 0 Å². The van der Waals surface area contributed by atoms with Gasteiger partial charge in [0.15, 0.2) is 0 Å². The average molecular weight is 728 g/mol. The van der Waals surface area contributed by atoms with E-state index in [0.717, 1.165) is 24.3 Å². The van der Waals surface area contributed by atoms with Gasteiger partial charge in [-0.2, -0.15) is 94.8 Å². The first-order valence-electron chi connectivity index (χ1n) is 12.9. The number of halogens is 12. The molecule has 8 nitrogen and oxygen atoms in total. The Morgan fingerprint density at radius 1 is 0.385 bits per heavy atom. The van der Waals surface area contributed by atoms with Gasteiger partial charge in [0.05, 0.1) is 78.9 Å². The van der Waals surface area contributed by atoms with Gasteiger partial charge in [-0.3, -0.25) is 0 Å². The minimum atomic E-state index is -5.99. The summed E-state index contributed by atoms with van der Waals surface area (Å²) in [5.41, 5.74) is -25.1. The molecular weight excluding hydrogens is 724 g/mol. The monoisotopic (exact) mass is 728 g/mol. The zero-order valence-corrected chi connectivity index (χ0v) is 24.4. The molecule has 0 bridgehead atoms. The van der Waals surface area contributed by atoms with Crippen molar-refractivity contribution >= 4 is 11.1 Å². The van der Waals surface area contributed by atoms with Crippen LogP contribution < -0.4 is 10.4 Å². The average Bonchev–Trinajstić information content (AvgIpc) is 3.05. The SMILES string of the molecule is N#C/C(c1cc(C#N)c(C(F)(F)F)c(C(F)(F)F)c1C#N)=c1\cc/c(=C(\C#N)c2cc(C#N)c(C(F)(F)F)c(C(F)(F)F)c2C#N)c(C#N)c1C#N. The fourth-order valence-corrected chi connectivity index (χ4v) is 5.11. The van der Waals surface area contributed by atoms with Crippen molar-refractivity contribution in [3.8, 4) is 48.6 Å². The van der Waals surface area contributed by atoms with Crippen molar-refractivity contribution < 1.29 is 52.7 Å². The van der Waals surface area contributed by atoms with Crippen LogP contribution in [-0.2, 0) is 24.7 Å². The fourth-order valence-electron chi connectivity index (χ4n) is 5.11. The van der Waals surface area contributed by atoms with Gasteiger partial charge >= 0.3 is 24.7 Å². The molecule has 20 heteroatoms. The number of rotatable bonds is 2. The molecule has 0 aliphatic heterocycles. The van der Waals surface area contributed by atoms with Gasteiger partial charge < -0.3 is 0 Å². The number of alkyl halides is 12. The highest BCUT2D eigenvalue weighted by molar-refractivity contribution is 5.86. The second-order valence-electron chi connectivity index (χ2n) is 9.74. The highest BCUT2D eigenvalue weighted by Gasteiger charge is 2.49. The normalized spacial score (nSPS) is 12.7. The predicted octanol–water partition coefficient (Wildman–Crippen LogP) is 6.44. The fraction of sp³-hybridized carbons (Fsp3) is 0.125. The quantitative estimate of drug-likeness (QED) is 0.269. The maximum absolute atomic E-state index is 14.0. The molecule has 0 unspecified atom stereocenters. The number of benzene rings is 3. The topological polar surface area (TPSA) is 190 Å². The van der Waals surface area contributed by atoms with Crippen LogP contribution in [0.1, 0.15) is 66.8 Å². The molecule has 0 fully saturated rings. The molecule has 0 saturated heterocycles. The van der Waals surface area contributed by atoms with Crippen molar-refractivity contribution in [1.29, 1.82) is 42.1 Å². The van der Waals surface area contributed by atoms with E-state index in [-0.39, 0.29) is 12.1 Å². The van der Waals surface area contributed by atoms with E-state index in [1.54, 1.807) is 0 Å². The molecule has 52 heavy (non-hydrogen) atoms. The highest BCUT2D eigenvalue weighted by Crippen LogP contribution is 2.47. The van der Waals surface area contributed by atoms with E-state index < -0.39 is 113 Å². The first kappa shape index (κ1) is 38.9. The van der Waals surface area contributed by atoms with E-state index in [1.165, 1.54) is 24.3 Å². The van der Waals surface area contributed by atoms with E-state index >= 15 is 0 Å². The van der Waals surface area contributed by atoms with Gasteiger partial charge in [-0.25, -0.2) is 0 Å². The molecule has 0 radical (unpaired) electrons. The second kappa shape index (κ2) is 13.4. The maximum Gasteiger partial charge on any atom is 0.418 e. The van der Waals surface area contributed by atoms with Gasteiger partial charge in [-0.15, -0.1) is 0 Å². The Kier molecular flexibility index (Phi) is 10.0. The van der Waals surface area contributed by atoms with Gasteiger partial charge in [0.25, 0.3) is 0 Å². The van der Waals surface area contributed by atoms with Gasteiger partial charge in [0.2, 0.25) is 0 Å². The molecule has 0 N–H and O–H groups in total. The van der Waals surface area contributed by atoms with Crippen LogP contribution in [0.4, 0.5) is 52.7 Å². The molecule has 0 aliphatic rings. The third-order valence-corrected chi connectivity index (χ3v) is 6.98. The summed E-state index contributed by atoms with van der Waals surface area (Å²) in [6, 6.07) is 9.89. The third kappa shape index (κ3) is 6.57. The number of hydrogen-bond donors (Lipinski definition) is 0. The maximum atomic E-state index is 14.0. The van der Waals surface area contributed by atoms with Crippen LogP contribution in [-0.4, -0.2) is 0 Å². The zero-order valence-electron chi connectivity index (χ0n) is 24.4. The number of nitriles is 8. The van der Waals surface area contributed by atoms with Crippen molar-refractivity contribution in [1.82, 2.24) is 0 Å². The lowest BCUT2D eigenvalue weighted by molar-refractivity contribution is -0.162. The Morgan fingerprint density at radius 3 is 0.846 bits per heavy atom. The van der Waals surface area contributed by atoms with Crippen molar-refractivity contribution in [3.63, 3.8) is 0 Å². The third-order valence-electron chi connectivity index (χ3n) is 6.98. The minimum absolute atomic E-state index is 0.0760. The van der Waals surface area contributed by atoms with Crippen molar-refractivity contribution in [2.75, 3.05) is 0 Å². The molecule has 0 saturated carbocycles. The summed E-state index contributed by atoms with van der Waals surface area (Å²) in [4.78, 5) is 0. The molecule has 0 heterocycles. The standard InChI is InChI=1S/C32H4F12N8/c33-29(34,35)25-13(5-45)3-17(23(11-51)27(25)31(39,40)41)19(7-47)15-1-2-16(22(10-50)21(15)9-49)20(8-48)18-4-14(6-46)26(30(36,37)38)28(24(18)12-52)32(42,43)44/h1-4H/b19-15-,20-16-. The van der Waals surface area contributed by atoms with Crippen LogP contribution in [0.5, 0.6) is 0 Å². The molecule has 256 valence electrons. The molecule has 0 spiro atoms. The summed E-state index contributed by atoms with van der Waals surface area (Å²) in [6.07, 6.45) is -23.8. The van der Waals surface area contributed by atoms with E-state index in [0.29, 0.717) is 12.1 Å². The van der Waals surface area contributed by atoms with Gasteiger partial charge in [-0.1, -0.05) is 12.1 Å². The molecule has 0 atom stereocenters. The summed E-state index contributed by atoms with van der Waals surface area (Å²) < 4.78 is 167. The largest absolute Gasteiger partial charge is 0.418 e. The van der Waals surface area contributed by atoms with Crippen LogP contribution >= 0.6 is 0 Å². The molecule has 3 aromatic rings. The van der Waals surface area contributed by atoms with Crippen LogP contribution in [0.3, 0.4) is 0 Å². The van der Waals surface area contributed by atoms with E-state index in [4.69, 9.17) is 0 Å². The van der Waals surface area contributed by atoms with Crippen molar-refractivity contribution in [3.05, 3.63) is 101 Å². The Hall–Kier alpha value is -7.52. The molecule has 0 aliphatic carbocycles. The van der Waals surface area contributed by atoms with Gasteiger partial charge in [-0.05, 0) is 12.1 Å². The number of nitrogens with zero attached hydrogens (tertiary/aromatic N) is 8. The second-order valence-corrected chi connectivity index (χ2v) is 9.74. The lowest BCUT2D eigenvalue weighted by Gasteiger charge is -2.20. The molecule has 3 rings (SSSR count). The predicted molar refractivity (Wildman–Crippen MR) is 143 cm³/mol.